The first-order valence-electron chi connectivity index (χ1n) is 6.29. The highest BCUT2D eigenvalue weighted by atomic mass is 15.1. The number of rotatable bonds is 7. The molecule has 0 radical (unpaired) electrons. The number of hydrogen-bond donors (Lipinski definition) is 1. The summed E-state index contributed by atoms with van der Waals surface area (Å²) in [5.74, 6) is 1.86. The first kappa shape index (κ1) is 13.5. The van der Waals surface area contributed by atoms with Crippen LogP contribution in [0.5, 0.6) is 0 Å². The van der Waals surface area contributed by atoms with Crippen molar-refractivity contribution in [2.45, 2.75) is 38.6 Å². The Balaban J connectivity index is 2.12. The lowest BCUT2D eigenvalue weighted by atomic mass is 9.98. The monoisotopic (exact) mass is 223 g/mol. The SMILES string of the molecule is CNC(C)(C#N)CCCN(C)CC1CC1C. The molecule has 0 bridgehead atoms. The predicted octanol–water partition coefficient (Wildman–Crippen LogP) is 1.86. The van der Waals surface area contributed by atoms with Gasteiger partial charge in [0.05, 0.1) is 6.07 Å². The molecule has 1 fully saturated rings. The molecular weight excluding hydrogens is 198 g/mol. The molecule has 0 aromatic rings. The Morgan fingerprint density at radius 3 is 2.62 bits per heavy atom. The van der Waals surface area contributed by atoms with Gasteiger partial charge in [0.1, 0.15) is 5.54 Å². The van der Waals surface area contributed by atoms with Gasteiger partial charge in [-0.1, -0.05) is 6.92 Å². The summed E-state index contributed by atoms with van der Waals surface area (Å²) >= 11 is 0. The van der Waals surface area contributed by atoms with Crippen molar-refractivity contribution < 1.29 is 0 Å². The second-order valence-electron chi connectivity index (χ2n) is 5.53. The minimum absolute atomic E-state index is 0.353. The molecule has 1 aliphatic rings. The fourth-order valence-corrected chi connectivity index (χ4v) is 2.08. The van der Waals surface area contributed by atoms with Crippen molar-refractivity contribution in [3.63, 3.8) is 0 Å². The van der Waals surface area contributed by atoms with E-state index in [-0.39, 0.29) is 5.54 Å². The van der Waals surface area contributed by atoms with Crippen molar-refractivity contribution in [2.75, 3.05) is 27.2 Å². The van der Waals surface area contributed by atoms with Crippen molar-refractivity contribution >= 4 is 0 Å². The second-order valence-corrected chi connectivity index (χ2v) is 5.53. The first-order valence-corrected chi connectivity index (χ1v) is 6.29. The van der Waals surface area contributed by atoms with Crippen molar-refractivity contribution in [1.29, 1.82) is 5.26 Å². The number of hydrogen-bond acceptors (Lipinski definition) is 3. The van der Waals surface area contributed by atoms with E-state index in [1.807, 2.05) is 14.0 Å². The van der Waals surface area contributed by atoms with Crippen LogP contribution >= 0.6 is 0 Å². The van der Waals surface area contributed by atoms with Crippen molar-refractivity contribution in [1.82, 2.24) is 10.2 Å². The van der Waals surface area contributed by atoms with Crippen molar-refractivity contribution in [2.24, 2.45) is 11.8 Å². The summed E-state index contributed by atoms with van der Waals surface area (Å²) in [4.78, 5) is 2.40. The highest BCUT2D eigenvalue weighted by molar-refractivity contribution is 5.02. The molecule has 3 nitrogen and oxygen atoms in total. The Hall–Kier alpha value is -0.590. The predicted molar refractivity (Wildman–Crippen MR) is 67.1 cm³/mol. The molecule has 0 aromatic heterocycles. The van der Waals surface area contributed by atoms with Gasteiger partial charge in [-0.3, -0.25) is 0 Å². The molecule has 1 saturated carbocycles. The summed E-state index contributed by atoms with van der Waals surface area (Å²) in [7, 11) is 4.05. The van der Waals surface area contributed by atoms with Gasteiger partial charge < -0.3 is 10.2 Å². The molecule has 0 aromatic carbocycles. The molecule has 0 amide bonds. The van der Waals surface area contributed by atoms with Crippen LogP contribution in [-0.4, -0.2) is 37.6 Å². The average Bonchev–Trinajstić information content (AvgIpc) is 2.94. The fraction of sp³-hybridized carbons (Fsp3) is 0.923. The van der Waals surface area contributed by atoms with Crippen LogP contribution in [0.1, 0.15) is 33.1 Å². The molecule has 92 valence electrons. The smallest absolute Gasteiger partial charge is 0.103 e. The molecule has 1 N–H and O–H groups in total. The van der Waals surface area contributed by atoms with E-state index in [0.29, 0.717) is 0 Å². The van der Waals surface area contributed by atoms with Gasteiger partial charge in [0.15, 0.2) is 0 Å². The third-order valence-corrected chi connectivity index (χ3v) is 3.84. The summed E-state index contributed by atoms with van der Waals surface area (Å²) in [6.07, 6.45) is 3.41. The maximum absolute atomic E-state index is 9.01. The Labute approximate surface area is 99.8 Å². The van der Waals surface area contributed by atoms with Gasteiger partial charge in [-0.15, -0.1) is 0 Å². The topological polar surface area (TPSA) is 39.1 Å². The van der Waals surface area contributed by atoms with Gasteiger partial charge in [0.25, 0.3) is 0 Å². The van der Waals surface area contributed by atoms with E-state index in [0.717, 1.165) is 31.2 Å². The van der Waals surface area contributed by atoms with Crippen LogP contribution in [0.4, 0.5) is 0 Å². The van der Waals surface area contributed by atoms with E-state index in [9.17, 15) is 0 Å². The Morgan fingerprint density at radius 2 is 2.19 bits per heavy atom. The largest absolute Gasteiger partial charge is 0.306 e. The van der Waals surface area contributed by atoms with Crippen LogP contribution in [0.25, 0.3) is 0 Å². The van der Waals surface area contributed by atoms with Crippen LogP contribution in [0.3, 0.4) is 0 Å². The summed E-state index contributed by atoms with van der Waals surface area (Å²) in [5.41, 5.74) is -0.353. The highest BCUT2D eigenvalue weighted by Crippen LogP contribution is 2.37. The summed E-state index contributed by atoms with van der Waals surface area (Å²) < 4.78 is 0. The van der Waals surface area contributed by atoms with Gasteiger partial charge in [-0.05, 0) is 58.7 Å². The van der Waals surface area contributed by atoms with Crippen LogP contribution in [-0.2, 0) is 0 Å². The Bertz CT molecular complexity index is 258. The van der Waals surface area contributed by atoms with Gasteiger partial charge in [0.2, 0.25) is 0 Å². The molecule has 3 atom stereocenters. The normalized spacial score (nSPS) is 27.5. The van der Waals surface area contributed by atoms with Gasteiger partial charge in [-0.2, -0.15) is 5.26 Å². The maximum atomic E-state index is 9.01. The van der Waals surface area contributed by atoms with Crippen LogP contribution in [0, 0.1) is 23.2 Å². The maximum Gasteiger partial charge on any atom is 0.103 e. The molecule has 1 rings (SSSR count). The van der Waals surface area contributed by atoms with Gasteiger partial charge in [0, 0.05) is 6.54 Å². The first-order chi connectivity index (χ1) is 7.50. The number of nitrogens with one attached hydrogen (secondary N) is 1. The zero-order valence-electron chi connectivity index (χ0n) is 11.1. The molecule has 0 heterocycles. The van der Waals surface area contributed by atoms with Crippen LogP contribution < -0.4 is 5.32 Å². The molecule has 16 heavy (non-hydrogen) atoms. The zero-order valence-corrected chi connectivity index (χ0v) is 11.1. The van der Waals surface area contributed by atoms with E-state index < -0.39 is 0 Å². The summed E-state index contributed by atoms with van der Waals surface area (Å²) in [6, 6.07) is 2.33. The lowest BCUT2D eigenvalue weighted by Gasteiger charge is -2.22. The lowest BCUT2D eigenvalue weighted by molar-refractivity contribution is 0.294. The quantitative estimate of drug-likeness (QED) is 0.716. The standard InChI is InChI=1S/C13H25N3/c1-11-8-12(11)9-16(4)7-5-6-13(2,10-14)15-3/h11-12,15H,5-9H2,1-4H3. The van der Waals surface area contributed by atoms with Gasteiger partial charge in [-0.25, -0.2) is 0 Å². The van der Waals surface area contributed by atoms with Crippen molar-refractivity contribution in [3.05, 3.63) is 0 Å². The third kappa shape index (κ3) is 4.11. The van der Waals surface area contributed by atoms with E-state index in [2.05, 4.69) is 30.3 Å². The third-order valence-electron chi connectivity index (χ3n) is 3.84. The average molecular weight is 223 g/mol. The highest BCUT2D eigenvalue weighted by Gasteiger charge is 2.33. The zero-order chi connectivity index (χ0) is 12.2. The van der Waals surface area contributed by atoms with Crippen LogP contribution in [0.15, 0.2) is 0 Å². The molecule has 3 unspecified atom stereocenters. The minimum atomic E-state index is -0.353. The minimum Gasteiger partial charge on any atom is -0.306 e. The van der Waals surface area contributed by atoms with Crippen LogP contribution in [0.2, 0.25) is 0 Å². The van der Waals surface area contributed by atoms with E-state index in [1.165, 1.54) is 13.0 Å². The second kappa shape index (κ2) is 5.65. The summed E-state index contributed by atoms with van der Waals surface area (Å²) in [6.45, 7) is 6.62. The Morgan fingerprint density at radius 1 is 1.56 bits per heavy atom. The molecule has 0 spiro atoms. The van der Waals surface area contributed by atoms with Gasteiger partial charge >= 0.3 is 0 Å². The molecular formula is C13H25N3. The number of nitriles is 1. The number of nitrogens with zero attached hydrogens (tertiary/aromatic N) is 2. The molecule has 1 aliphatic carbocycles. The van der Waals surface area contributed by atoms with E-state index in [4.69, 9.17) is 5.26 Å². The fourth-order valence-electron chi connectivity index (χ4n) is 2.08. The van der Waals surface area contributed by atoms with E-state index in [1.54, 1.807) is 0 Å². The molecule has 0 aliphatic heterocycles. The van der Waals surface area contributed by atoms with Crippen molar-refractivity contribution in [3.8, 4) is 6.07 Å². The molecule has 0 saturated heterocycles. The summed E-state index contributed by atoms with van der Waals surface area (Å²) in [5, 5.41) is 12.1. The molecule has 3 heteroatoms. The lowest BCUT2D eigenvalue weighted by Crippen LogP contribution is -2.38. The Kier molecular flexibility index (Phi) is 4.76. The van der Waals surface area contributed by atoms with E-state index >= 15 is 0 Å².